The largest absolute Gasteiger partial charge is 0.490 e. The molecule has 3 rings (SSSR count). The van der Waals surface area contributed by atoms with Crippen molar-refractivity contribution in [2.45, 2.75) is 13.5 Å². The van der Waals surface area contributed by atoms with Crippen LogP contribution in [0.5, 0.6) is 11.5 Å². The van der Waals surface area contributed by atoms with Crippen molar-refractivity contribution in [2.24, 2.45) is 5.10 Å². The van der Waals surface area contributed by atoms with E-state index in [4.69, 9.17) is 9.47 Å². The van der Waals surface area contributed by atoms with Crippen molar-refractivity contribution in [2.75, 3.05) is 11.9 Å². The van der Waals surface area contributed by atoms with Crippen LogP contribution in [0.1, 0.15) is 18.1 Å². The summed E-state index contributed by atoms with van der Waals surface area (Å²) in [5.74, 6) is -1.61. The minimum absolute atomic E-state index is 0.0934. The molecule has 3 aromatic carbocycles. The van der Waals surface area contributed by atoms with Crippen LogP contribution in [0.4, 0.5) is 10.1 Å². The van der Waals surface area contributed by atoms with E-state index in [1.807, 2.05) is 37.3 Å². The molecule has 0 atom stereocenters. The summed E-state index contributed by atoms with van der Waals surface area (Å²) in [6.07, 6.45) is 1.36. The van der Waals surface area contributed by atoms with Crippen LogP contribution in [0.3, 0.4) is 0 Å². The second-order valence-electron chi connectivity index (χ2n) is 6.55. The van der Waals surface area contributed by atoms with E-state index < -0.39 is 17.6 Å². The molecule has 0 saturated heterocycles. The molecule has 0 radical (unpaired) electrons. The lowest BCUT2D eigenvalue weighted by Crippen LogP contribution is -2.32. The first-order valence-electron chi connectivity index (χ1n) is 9.89. The molecule has 164 valence electrons. The van der Waals surface area contributed by atoms with Gasteiger partial charge in [-0.1, -0.05) is 42.5 Å². The van der Waals surface area contributed by atoms with Gasteiger partial charge >= 0.3 is 11.8 Å². The molecular weight excluding hydrogens is 413 g/mol. The number of carbonyl (C=O) groups excluding carboxylic acids is 2. The van der Waals surface area contributed by atoms with Crippen molar-refractivity contribution >= 4 is 23.7 Å². The SMILES string of the molecule is CCOc1cc(/C=N\NC(=O)C(=O)Nc2ccccc2F)ccc1OCc1ccccc1. The summed E-state index contributed by atoms with van der Waals surface area (Å²) in [4.78, 5) is 23.8. The van der Waals surface area contributed by atoms with Gasteiger partial charge in [0.1, 0.15) is 12.4 Å². The predicted molar refractivity (Wildman–Crippen MR) is 119 cm³/mol. The molecule has 32 heavy (non-hydrogen) atoms. The normalized spacial score (nSPS) is 10.6. The van der Waals surface area contributed by atoms with Gasteiger partial charge in [-0.15, -0.1) is 0 Å². The zero-order valence-corrected chi connectivity index (χ0v) is 17.4. The van der Waals surface area contributed by atoms with E-state index in [1.54, 1.807) is 18.2 Å². The van der Waals surface area contributed by atoms with Crippen LogP contribution in [0.25, 0.3) is 0 Å². The molecule has 0 fully saturated rings. The molecule has 0 aromatic heterocycles. The van der Waals surface area contributed by atoms with E-state index in [0.29, 0.717) is 30.3 Å². The summed E-state index contributed by atoms with van der Waals surface area (Å²) in [6, 6.07) is 20.5. The quantitative estimate of drug-likeness (QED) is 0.319. The second kappa shape index (κ2) is 11.3. The number of para-hydroxylation sites is 1. The molecule has 2 N–H and O–H groups in total. The van der Waals surface area contributed by atoms with Crippen molar-refractivity contribution in [3.8, 4) is 11.5 Å². The second-order valence-corrected chi connectivity index (χ2v) is 6.55. The fraction of sp³-hybridized carbons (Fsp3) is 0.125. The number of benzene rings is 3. The first kappa shape index (κ1) is 22.5. The lowest BCUT2D eigenvalue weighted by Gasteiger charge is -2.12. The number of carbonyl (C=O) groups is 2. The number of hydrogen-bond donors (Lipinski definition) is 2. The van der Waals surface area contributed by atoms with Crippen molar-refractivity contribution in [3.05, 3.63) is 89.7 Å². The van der Waals surface area contributed by atoms with E-state index >= 15 is 0 Å². The zero-order chi connectivity index (χ0) is 22.8. The summed E-state index contributed by atoms with van der Waals surface area (Å²) in [6.45, 7) is 2.69. The van der Waals surface area contributed by atoms with E-state index in [-0.39, 0.29) is 5.69 Å². The van der Waals surface area contributed by atoms with Crippen LogP contribution < -0.4 is 20.2 Å². The molecule has 0 aliphatic carbocycles. The van der Waals surface area contributed by atoms with E-state index in [2.05, 4.69) is 15.8 Å². The third-order valence-electron chi connectivity index (χ3n) is 4.21. The lowest BCUT2D eigenvalue weighted by atomic mass is 10.2. The highest BCUT2D eigenvalue weighted by Gasteiger charge is 2.14. The van der Waals surface area contributed by atoms with E-state index in [9.17, 15) is 14.0 Å². The molecule has 0 aliphatic rings. The maximum Gasteiger partial charge on any atom is 0.329 e. The number of nitrogens with zero attached hydrogens (tertiary/aromatic N) is 1. The highest BCUT2D eigenvalue weighted by Crippen LogP contribution is 2.28. The Morgan fingerprint density at radius 2 is 1.69 bits per heavy atom. The average Bonchev–Trinajstić information content (AvgIpc) is 2.81. The van der Waals surface area contributed by atoms with Gasteiger partial charge in [0, 0.05) is 0 Å². The molecule has 2 amide bonds. The molecule has 0 bridgehead atoms. The first-order valence-corrected chi connectivity index (χ1v) is 9.89. The fourth-order valence-electron chi connectivity index (χ4n) is 2.69. The molecule has 0 spiro atoms. The summed E-state index contributed by atoms with van der Waals surface area (Å²) >= 11 is 0. The fourth-order valence-corrected chi connectivity index (χ4v) is 2.69. The average molecular weight is 435 g/mol. The maximum atomic E-state index is 13.6. The number of anilines is 1. The third-order valence-corrected chi connectivity index (χ3v) is 4.21. The highest BCUT2D eigenvalue weighted by atomic mass is 19.1. The van der Waals surface area contributed by atoms with Gasteiger partial charge < -0.3 is 14.8 Å². The van der Waals surface area contributed by atoms with Gasteiger partial charge in [-0.05, 0) is 48.4 Å². The smallest absolute Gasteiger partial charge is 0.329 e. The standard InChI is InChI=1S/C24H22FN3O4/c1-2-31-22-14-18(12-13-21(22)32-16-17-8-4-3-5-9-17)15-26-28-24(30)23(29)27-20-11-7-6-10-19(20)25/h3-15H,2,16H2,1H3,(H,27,29)(H,28,30)/b26-15-. The van der Waals surface area contributed by atoms with Gasteiger partial charge in [0.15, 0.2) is 11.5 Å². The van der Waals surface area contributed by atoms with Crippen LogP contribution in [-0.2, 0) is 16.2 Å². The number of hydrogen-bond acceptors (Lipinski definition) is 5. The molecule has 8 heteroatoms. The first-order chi connectivity index (χ1) is 15.6. The molecule has 7 nitrogen and oxygen atoms in total. The molecule has 0 heterocycles. The zero-order valence-electron chi connectivity index (χ0n) is 17.4. The van der Waals surface area contributed by atoms with Gasteiger partial charge in [-0.3, -0.25) is 9.59 Å². The number of amides is 2. The van der Waals surface area contributed by atoms with Gasteiger partial charge in [0.05, 0.1) is 18.5 Å². The Morgan fingerprint density at radius 3 is 2.44 bits per heavy atom. The Balaban J connectivity index is 1.59. The number of hydrazone groups is 1. The van der Waals surface area contributed by atoms with Gasteiger partial charge in [0.2, 0.25) is 0 Å². The van der Waals surface area contributed by atoms with Gasteiger partial charge in [-0.2, -0.15) is 5.10 Å². The maximum absolute atomic E-state index is 13.6. The minimum atomic E-state index is -1.04. The van der Waals surface area contributed by atoms with Crippen molar-refractivity contribution in [3.63, 3.8) is 0 Å². The van der Waals surface area contributed by atoms with Crippen LogP contribution in [0.15, 0.2) is 77.9 Å². The topological polar surface area (TPSA) is 89.0 Å². The van der Waals surface area contributed by atoms with Gasteiger partial charge in [-0.25, -0.2) is 9.82 Å². The highest BCUT2D eigenvalue weighted by molar-refractivity contribution is 6.39. The Hall–Kier alpha value is -4.20. The summed E-state index contributed by atoms with van der Waals surface area (Å²) in [5.41, 5.74) is 3.66. The molecule has 0 saturated carbocycles. The summed E-state index contributed by atoms with van der Waals surface area (Å²) < 4.78 is 25.1. The Bertz CT molecular complexity index is 1100. The third kappa shape index (κ3) is 6.40. The van der Waals surface area contributed by atoms with Crippen molar-refractivity contribution in [1.82, 2.24) is 5.43 Å². The predicted octanol–water partition coefficient (Wildman–Crippen LogP) is 3.89. The monoisotopic (exact) mass is 435 g/mol. The van der Waals surface area contributed by atoms with Crippen LogP contribution >= 0.6 is 0 Å². The van der Waals surface area contributed by atoms with E-state index in [1.165, 1.54) is 30.5 Å². The van der Waals surface area contributed by atoms with Crippen molar-refractivity contribution < 1.29 is 23.5 Å². The molecule has 3 aromatic rings. The molecular formula is C24H22FN3O4. The van der Waals surface area contributed by atoms with Crippen LogP contribution in [0, 0.1) is 5.82 Å². The number of rotatable bonds is 8. The number of ether oxygens (including phenoxy) is 2. The molecule has 0 aliphatic heterocycles. The van der Waals surface area contributed by atoms with Crippen molar-refractivity contribution in [1.29, 1.82) is 0 Å². The number of halogens is 1. The van der Waals surface area contributed by atoms with Crippen LogP contribution in [0.2, 0.25) is 0 Å². The van der Waals surface area contributed by atoms with Crippen LogP contribution in [-0.4, -0.2) is 24.6 Å². The molecule has 0 unspecified atom stereocenters. The summed E-state index contributed by atoms with van der Waals surface area (Å²) in [5, 5.41) is 5.96. The Kier molecular flexibility index (Phi) is 7.91. The number of nitrogens with one attached hydrogen (secondary N) is 2. The van der Waals surface area contributed by atoms with Gasteiger partial charge in [0.25, 0.3) is 0 Å². The Labute approximate surface area is 184 Å². The lowest BCUT2D eigenvalue weighted by molar-refractivity contribution is -0.136. The minimum Gasteiger partial charge on any atom is -0.490 e. The Morgan fingerprint density at radius 1 is 0.938 bits per heavy atom. The summed E-state index contributed by atoms with van der Waals surface area (Å²) in [7, 11) is 0. The van der Waals surface area contributed by atoms with E-state index in [0.717, 1.165) is 5.56 Å².